The van der Waals surface area contributed by atoms with E-state index < -0.39 is 0 Å². The van der Waals surface area contributed by atoms with Crippen LogP contribution in [0.25, 0.3) is 17.1 Å². The molecule has 0 saturated carbocycles. The summed E-state index contributed by atoms with van der Waals surface area (Å²) in [5, 5.41) is 12.4. The number of hydrogen-bond donors (Lipinski definition) is 1. The summed E-state index contributed by atoms with van der Waals surface area (Å²) >= 11 is 1.37. The first-order valence-electron chi connectivity index (χ1n) is 9.57. The lowest BCUT2D eigenvalue weighted by atomic mass is 10.1. The maximum atomic E-state index is 12.3. The topological polar surface area (TPSA) is 72.7 Å². The molecule has 0 bridgehead atoms. The maximum Gasteiger partial charge on any atom is 0.230 e. The molecule has 4 rings (SSSR count). The highest BCUT2D eigenvalue weighted by molar-refractivity contribution is 7.99. The molecule has 0 spiro atoms. The molecule has 2 aromatic carbocycles. The standard InChI is InChI=1S/C23H21N5OS/c1-17-7-9-19(10-8-17)22-26-27-23(28(22)20-5-3-2-4-6-20)30-16-21(29)25-15-18-11-13-24-14-12-18/h2-14H,15-16H2,1H3,(H,25,29). The van der Waals surface area contributed by atoms with Crippen LogP contribution in [-0.2, 0) is 11.3 Å². The fraction of sp³-hybridized carbons (Fsp3) is 0.130. The van der Waals surface area contributed by atoms with Crippen molar-refractivity contribution in [1.29, 1.82) is 0 Å². The average molecular weight is 416 g/mol. The quantitative estimate of drug-likeness (QED) is 0.461. The van der Waals surface area contributed by atoms with Crippen molar-refractivity contribution in [3.05, 3.63) is 90.3 Å². The van der Waals surface area contributed by atoms with E-state index in [0.29, 0.717) is 11.7 Å². The average Bonchev–Trinajstić information content (AvgIpc) is 3.22. The third-order valence-corrected chi connectivity index (χ3v) is 5.46. The summed E-state index contributed by atoms with van der Waals surface area (Å²) in [4.78, 5) is 16.3. The second-order valence-corrected chi connectivity index (χ2v) is 7.71. The largest absolute Gasteiger partial charge is 0.351 e. The molecule has 150 valence electrons. The molecule has 2 aromatic heterocycles. The molecule has 1 N–H and O–H groups in total. The summed E-state index contributed by atoms with van der Waals surface area (Å²) in [5.41, 5.74) is 4.13. The second-order valence-electron chi connectivity index (χ2n) is 6.76. The Balaban J connectivity index is 1.53. The van der Waals surface area contributed by atoms with E-state index in [0.717, 1.165) is 22.6 Å². The number of para-hydroxylation sites is 1. The van der Waals surface area contributed by atoms with Gasteiger partial charge in [-0.1, -0.05) is 59.8 Å². The van der Waals surface area contributed by atoms with E-state index in [9.17, 15) is 4.79 Å². The Morgan fingerprint density at radius 2 is 1.70 bits per heavy atom. The van der Waals surface area contributed by atoms with E-state index in [2.05, 4.69) is 39.6 Å². The molecule has 2 heterocycles. The van der Waals surface area contributed by atoms with Gasteiger partial charge in [-0.3, -0.25) is 14.3 Å². The summed E-state index contributed by atoms with van der Waals surface area (Å²) in [6.45, 7) is 2.53. The van der Waals surface area contributed by atoms with E-state index in [1.165, 1.54) is 17.3 Å². The number of rotatable bonds is 7. The van der Waals surface area contributed by atoms with Gasteiger partial charge in [0.05, 0.1) is 5.75 Å². The van der Waals surface area contributed by atoms with E-state index in [-0.39, 0.29) is 11.7 Å². The zero-order valence-corrected chi connectivity index (χ0v) is 17.3. The summed E-state index contributed by atoms with van der Waals surface area (Å²) in [7, 11) is 0. The molecule has 0 aliphatic carbocycles. The SMILES string of the molecule is Cc1ccc(-c2nnc(SCC(=O)NCc3ccncc3)n2-c2ccccc2)cc1. The molecule has 0 saturated heterocycles. The van der Waals surface area contributed by atoms with Crippen molar-refractivity contribution < 1.29 is 4.79 Å². The number of pyridine rings is 1. The minimum atomic E-state index is -0.0590. The number of carbonyl (C=O) groups is 1. The van der Waals surface area contributed by atoms with Crippen molar-refractivity contribution in [1.82, 2.24) is 25.1 Å². The monoisotopic (exact) mass is 415 g/mol. The number of thioether (sulfide) groups is 1. The fourth-order valence-electron chi connectivity index (χ4n) is 2.95. The number of nitrogens with zero attached hydrogens (tertiary/aromatic N) is 4. The minimum Gasteiger partial charge on any atom is -0.351 e. The Morgan fingerprint density at radius 1 is 0.967 bits per heavy atom. The molecule has 0 atom stereocenters. The van der Waals surface area contributed by atoms with Crippen molar-refractivity contribution in [2.75, 3.05) is 5.75 Å². The number of aryl methyl sites for hydroxylation is 1. The predicted octanol–water partition coefficient (Wildman–Crippen LogP) is 4.05. The van der Waals surface area contributed by atoms with E-state index in [4.69, 9.17) is 0 Å². The first-order valence-corrected chi connectivity index (χ1v) is 10.6. The zero-order chi connectivity index (χ0) is 20.8. The van der Waals surface area contributed by atoms with Crippen LogP contribution in [0.2, 0.25) is 0 Å². The van der Waals surface area contributed by atoms with Crippen LogP contribution >= 0.6 is 11.8 Å². The zero-order valence-electron chi connectivity index (χ0n) is 16.5. The van der Waals surface area contributed by atoms with Crippen LogP contribution in [0.3, 0.4) is 0 Å². The van der Waals surface area contributed by atoms with Crippen molar-refractivity contribution in [2.45, 2.75) is 18.6 Å². The summed E-state index contributed by atoms with van der Waals surface area (Å²) in [6, 6.07) is 21.9. The summed E-state index contributed by atoms with van der Waals surface area (Å²) in [6.07, 6.45) is 3.43. The van der Waals surface area contributed by atoms with Gasteiger partial charge in [-0.25, -0.2) is 0 Å². The van der Waals surface area contributed by atoms with Gasteiger partial charge in [0.1, 0.15) is 0 Å². The number of carbonyl (C=O) groups excluding carboxylic acids is 1. The van der Waals surface area contributed by atoms with Crippen molar-refractivity contribution in [2.24, 2.45) is 0 Å². The van der Waals surface area contributed by atoms with Gasteiger partial charge in [0.25, 0.3) is 0 Å². The normalized spacial score (nSPS) is 10.7. The lowest BCUT2D eigenvalue weighted by molar-refractivity contribution is -0.118. The molecule has 0 aliphatic heterocycles. The van der Waals surface area contributed by atoms with Gasteiger partial charge >= 0.3 is 0 Å². The predicted molar refractivity (Wildman–Crippen MR) is 118 cm³/mol. The Kier molecular flexibility index (Phi) is 6.20. The van der Waals surface area contributed by atoms with Crippen LogP contribution in [-0.4, -0.2) is 31.4 Å². The highest BCUT2D eigenvalue weighted by Gasteiger charge is 2.17. The van der Waals surface area contributed by atoms with Gasteiger partial charge in [-0.2, -0.15) is 0 Å². The molecular weight excluding hydrogens is 394 g/mol. The maximum absolute atomic E-state index is 12.3. The van der Waals surface area contributed by atoms with Crippen molar-refractivity contribution >= 4 is 17.7 Å². The molecule has 7 heteroatoms. The van der Waals surface area contributed by atoms with Crippen LogP contribution < -0.4 is 5.32 Å². The highest BCUT2D eigenvalue weighted by atomic mass is 32.2. The molecule has 4 aromatic rings. The molecular formula is C23H21N5OS. The molecule has 6 nitrogen and oxygen atoms in total. The second kappa shape index (κ2) is 9.37. The van der Waals surface area contributed by atoms with Gasteiger partial charge in [-0.15, -0.1) is 10.2 Å². The lowest BCUT2D eigenvalue weighted by Gasteiger charge is -2.10. The van der Waals surface area contributed by atoms with Gasteiger partial charge in [-0.05, 0) is 36.8 Å². The Bertz CT molecular complexity index is 1110. The van der Waals surface area contributed by atoms with Crippen LogP contribution in [0.4, 0.5) is 0 Å². The van der Waals surface area contributed by atoms with E-state index >= 15 is 0 Å². The van der Waals surface area contributed by atoms with E-state index in [1.807, 2.05) is 59.2 Å². The van der Waals surface area contributed by atoms with Gasteiger partial charge in [0, 0.05) is 30.2 Å². The first kappa shape index (κ1) is 19.8. The van der Waals surface area contributed by atoms with Gasteiger partial charge in [0.2, 0.25) is 5.91 Å². The van der Waals surface area contributed by atoms with Crippen molar-refractivity contribution in [3.8, 4) is 17.1 Å². The molecule has 0 fully saturated rings. The Hall–Kier alpha value is -3.45. The number of hydrogen-bond acceptors (Lipinski definition) is 5. The van der Waals surface area contributed by atoms with Crippen LogP contribution in [0.15, 0.2) is 84.3 Å². The molecule has 0 aliphatic rings. The van der Waals surface area contributed by atoms with E-state index in [1.54, 1.807) is 12.4 Å². The molecule has 1 amide bonds. The van der Waals surface area contributed by atoms with Crippen molar-refractivity contribution in [3.63, 3.8) is 0 Å². The van der Waals surface area contributed by atoms with Crippen LogP contribution in [0.5, 0.6) is 0 Å². The third kappa shape index (κ3) is 4.75. The Morgan fingerprint density at radius 3 is 2.43 bits per heavy atom. The summed E-state index contributed by atoms with van der Waals surface area (Å²) in [5.74, 6) is 0.946. The first-order chi connectivity index (χ1) is 14.7. The number of aromatic nitrogens is 4. The highest BCUT2D eigenvalue weighted by Crippen LogP contribution is 2.28. The molecule has 30 heavy (non-hydrogen) atoms. The van der Waals surface area contributed by atoms with Gasteiger partial charge < -0.3 is 5.32 Å². The third-order valence-electron chi connectivity index (χ3n) is 4.53. The van der Waals surface area contributed by atoms with Crippen LogP contribution in [0.1, 0.15) is 11.1 Å². The van der Waals surface area contributed by atoms with Crippen LogP contribution in [0, 0.1) is 6.92 Å². The van der Waals surface area contributed by atoms with Gasteiger partial charge in [0.15, 0.2) is 11.0 Å². The Labute approximate surface area is 179 Å². The fourth-order valence-corrected chi connectivity index (χ4v) is 3.73. The number of amides is 1. The minimum absolute atomic E-state index is 0.0590. The number of nitrogens with one attached hydrogen (secondary N) is 1. The number of benzene rings is 2. The molecule has 0 unspecified atom stereocenters. The molecule has 0 radical (unpaired) electrons. The smallest absolute Gasteiger partial charge is 0.230 e. The summed E-state index contributed by atoms with van der Waals surface area (Å²) < 4.78 is 1.99. The lowest BCUT2D eigenvalue weighted by Crippen LogP contribution is -2.24.